The van der Waals surface area contributed by atoms with E-state index < -0.39 is 0 Å². The third-order valence-corrected chi connectivity index (χ3v) is 4.92. The van der Waals surface area contributed by atoms with E-state index in [1.807, 2.05) is 0 Å². The molecule has 3 atom stereocenters. The molecule has 2 heteroatoms. The Balaban J connectivity index is 2.44. The number of fused-ring (bicyclic) bond motifs is 2. The van der Waals surface area contributed by atoms with Crippen molar-refractivity contribution in [3.05, 3.63) is 0 Å². The molecule has 0 unspecified atom stereocenters. The van der Waals surface area contributed by atoms with Crippen LogP contribution >= 0.6 is 0 Å². The highest BCUT2D eigenvalue weighted by Crippen LogP contribution is 2.65. The van der Waals surface area contributed by atoms with E-state index in [0.29, 0.717) is 18.2 Å². The molecule has 2 fully saturated rings. The molecule has 2 aliphatic rings. The summed E-state index contributed by atoms with van der Waals surface area (Å²) in [4.78, 5) is 12.1. The molecule has 2 N–H and O–H groups in total. The van der Waals surface area contributed by atoms with Crippen molar-refractivity contribution in [1.82, 2.24) is 0 Å². The van der Waals surface area contributed by atoms with Crippen molar-refractivity contribution in [2.75, 3.05) is 6.54 Å². The summed E-state index contributed by atoms with van der Waals surface area (Å²) in [7, 11) is 0. The first-order valence-electron chi connectivity index (χ1n) is 5.19. The van der Waals surface area contributed by atoms with Crippen molar-refractivity contribution in [2.24, 2.45) is 28.4 Å². The minimum Gasteiger partial charge on any atom is -0.330 e. The monoisotopic (exact) mass is 181 g/mol. The molecule has 0 saturated heterocycles. The highest BCUT2D eigenvalue weighted by atomic mass is 16.1. The lowest BCUT2D eigenvalue weighted by Crippen LogP contribution is -2.35. The van der Waals surface area contributed by atoms with Gasteiger partial charge in [0.1, 0.15) is 5.78 Å². The molecule has 13 heavy (non-hydrogen) atoms. The van der Waals surface area contributed by atoms with Gasteiger partial charge in [0.05, 0.1) is 0 Å². The van der Waals surface area contributed by atoms with Gasteiger partial charge >= 0.3 is 0 Å². The first-order chi connectivity index (χ1) is 5.95. The fourth-order valence-electron chi connectivity index (χ4n) is 3.54. The Bertz CT molecular complexity index is 259. The molecule has 0 spiro atoms. The lowest BCUT2D eigenvalue weighted by molar-refractivity contribution is -0.131. The Morgan fingerprint density at radius 3 is 2.38 bits per heavy atom. The maximum atomic E-state index is 12.1. The first kappa shape index (κ1) is 9.20. The maximum Gasteiger partial charge on any atom is 0.143 e. The van der Waals surface area contributed by atoms with Crippen LogP contribution in [0.5, 0.6) is 0 Å². The number of nitrogens with two attached hydrogens (primary N) is 1. The molecular weight excluding hydrogens is 162 g/mol. The van der Waals surface area contributed by atoms with Gasteiger partial charge in [-0.25, -0.2) is 0 Å². The van der Waals surface area contributed by atoms with Gasteiger partial charge in [-0.1, -0.05) is 20.8 Å². The van der Waals surface area contributed by atoms with Crippen molar-refractivity contribution in [3.8, 4) is 0 Å². The molecule has 0 aromatic carbocycles. The van der Waals surface area contributed by atoms with Gasteiger partial charge in [-0.2, -0.15) is 0 Å². The second-order valence-corrected chi connectivity index (χ2v) is 5.41. The van der Waals surface area contributed by atoms with Crippen molar-refractivity contribution in [1.29, 1.82) is 0 Å². The smallest absolute Gasteiger partial charge is 0.143 e. The molecule has 74 valence electrons. The lowest BCUT2D eigenvalue weighted by Gasteiger charge is -2.32. The minimum atomic E-state index is -0.0816. The lowest BCUT2D eigenvalue weighted by atomic mass is 9.70. The quantitative estimate of drug-likeness (QED) is 0.667. The summed E-state index contributed by atoms with van der Waals surface area (Å²) >= 11 is 0. The van der Waals surface area contributed by atoms with Gasteiger partial charge in [-0.05, 0) is 24.2 Å². The van der Waals surface area contributed by atoms with Gasteiger partial charge in [0.2, 0.25) is 0 Å². The minimum absolute atomic E-state index is 0.0816. The predicted molar refractivity (Wildman–Crippen MR) is 52.2 cm³/mol. The van der Waals surface area contributed by atoms with E-state index in [1.54, 1.807) is 0 Å². The van der Waals surface area contributed by atoms with Gasteiger partial charge in [-0.15, -0.1) is 0 Å². The molecular formula is C11H19NO. The molecule has 0 amide bonds. The second-order valence-electron chi connectivity index (χ2n) is 5.41. The van der Waals surface area contributed by atoms with Crippen LogP contribution in [0.25, 0.3) is 0 Å². The Hall–Kier alpha value is -0.370. The molecule has 2 aliphatic carbocycles. The van der Waals surface area contributed by atoms with Gasteiger partial charge in [0.15, 0.2) is 0 Å². The van der Waals surface area contributed by atoms with Crippen molar-refractivity contribution >= 4 is 5.78 Å². The SMILES string of the molecule is CC1(C)[C@@H]2CC[C@@]1(C)C(=O)[C@@H]2CN. The molecule has 0 heterocycles. The summed E-state index contributed by atoms with van der Waals surface area (Å²) in [6.45, 7) is 7.14. The third-order valence-electron chi connectivity index (χ3n) is 4.92. The number of rotatable bonds is 1. The zero-order chi connectivity index (χ0) is 9.85. The molecule has 2 saturated carbocycles. The fraction of sp³-hybridized carbons (Fsp3) is 0.909. The number of ketones is 1. The van der Waals surface area contributed by atoms with Crippen LogP contribution in [0.3, 0.4) is 0 Å². The standard InChI is InChI=1S/C11H19NO/c1-10(2)8-4-5-11(10,3)9(13)7(8)6-12/h7-8H,4-6,12H2,1-3H3/t7-,8-,11+/m1/s1. The summed E-state index contributed by atoms with van der Waals surface area (Å²) in [6, 6.07) is 0. The average molecular weight is 181 g/mol. The van der Waals surface area contributed by atoms with Crippen molar-refractivity contribution in [3.63, 3.8) is 0 Å². The van der Waals surface area contributed by atoms with E-state index in [0.717, 1.165) is 6.42 Å². The number of Topliss-reactive ketones (excluding diaryl/α,β-unsaturated/α-hetero) is 1. The van der Waals surface area contributed by atoms with Crippen LogP contribution in [0.1, 0.15) is 33.6 Å². The topological polar surface area (TPSA) is 43.1 Å². The zero-order valence-corrected chi connectivity index (χ0v) is 8.76. The van der Waals surface area contributed by atoms with E-state index in [4.69, 9.17) is 5.73 Å². The van der Waals surface area contributed by atoms with Gasteiger partial charge in [0.25, 0.3) is 0 Å². The van der Waals surface area contributed by atoms with Gasteiger partial charge < -0.3 is 5.73 Å². The van der Waals surface area contributed by atoms with Crippen molar-refractivity contribution in [2.45, 2.75) is 33.6 Å². The molecule has 2 bridgehead atoms. The van der Waals surface area contributed by atoms with Crippen LogP contribution in [0.2, 0.25) is 0 Å². The van der Waals surface area contributed by atoms with E-state index in [9.17, 15) is 4.79 Å². The number of carbonyl (C=O) groups is 1. The van der Waals surface area contributed by atoms with E-state index in [2.05, 4.69) is 20.8 Å². The maximum absolute atomic E-state index is 12.1. The van der Waals surface area contributed by atoms with Gasteiger partial charge in [0, 0.05) is 17.9 Å². The van der Waals surface area contributed by atoms with Crippen LogP contribution in [-0.4, -0.2) is 12.3 Å². The van der Waals surface area contributed by atoms with Crippen LogP contribution in [0.4, 0.5) is 0 Å². The van der Waals surface area contributed by atoms with Crippen molar-refractivity contribution < 1.29 is 4.79 Å². The summed E-state index contributed by atoms with van der Waals surface area (Å²) in [5.74, 6) is 1.11. The molecule has 0 radical (unpaired) electrons. The highest BCUT2D eigenvalue weighted by molar-refractivity contribution is 5.91. The Morgan fingerprint density at radius 1 is 1.46 bits per heavy atom. The fourth-order valence-corrected chi connectivity index (χ4v) is 3.54. The Kier molecular flexibility index (Phi) is 1.66. The van der Waals surface area contributed by atoms with Crippen LogP contribution in [0.15, 0.2) is 0 Å². The third kappa shape index (κ3) is 0.804. The average Bonchev–Trinajstić information content (AvgIpc) is 2.36. The summed E-state index contributed by atoms with van der Waals surface area (Å²) in [6.07, 6.45) is 2.26. The number of carbonyl (C=O) groups excluding carboxylic acids is 1. The van der Waals surface area contributed by atoms with Gasteiger partial charge in [-0.3, -0.25) is 4.79 Å². The predicted octanol–water partition coefficient (Wildman–Crippen LogP) is 1.59. The van der Waals surface area contributed by atoms with Crippen LogP contribution in [0, 0.1) is 22.7 Å². The summed E-state index contributed by atoms with van der Waals surface area (Å²) in [5.41, 5.74) is 5.76. The Labute approximate surface area is 79.9 Å². The van der Waals surface area contributed by atoms with Crippen LogP contribution in [-0.2, 0) is 4.79 Å². The molecule has 0 aliphatic heterocycles. The summed E-state index contributed by atoms with van der Waals surface area (Å²) in [5, 5.41) is 0. The van der Waals surface area contributed by atoms with E-state index >= 15 is 0 Å². The normalized spacial score (nSPS) is 47.2. The summed E-state index contributed by atoms with van der Waals surface area (Å²) < 4.78 is 0. The zero-order valence-electron chi connectivity index (χ0n) is 8.76. The largest absolute Gasteiger partial charge is 0.330 e. The van der Waals surface area contributed by atoms with Crippen LogP contribution < -0.4 is 5.73 Å². The molecule has 2 rings (SSSR count). The number of hydrogen-bond acceptors (Lipinski definition) is 2. The Morgan fingerprint density at radius 2 is 2.08 bits per heavy atom. The molecule has 0 aromatic rings. The van der Waals surface area contributed by atoms with E-state index in [1.165, 1.54) is 6.42 Å². The van der Waals surface area contributed by atoms with E-state index in [-0.39, 0.29) is 16.7 Å². The molecule has 2 nitrogen and oxygen atoms in total. The molecule has 0 aromatic heterocycles. The second kappa shape index (κ2) is 2.35. The highest BCUT2D eigenvalue weighted by Gasteiger charge is 2.65. The first-order valence-corrected chi connectivity index (χ1v) is 5.19. The number of hydrogen-bond donors (Lipinski definition) is 1.